The van der Waals surface area contributed by atoms with Crippen molar-refractivity contribution < 1.29 is 4.57 Å². The lowest BCUT2D eigenvalue weighted by atomic mass is 9.58. The van der Waals surface area contributed by atoms with Gasteiger partial charge in [-0.25, -0.2) is 0 Å². The molecule has 0 amide bonds. The highest BCUT2D eigenvalue weighted by molar-refractivity contribution is 8.13. The van der Waals surface area contributed by atoms with Crippen LogP contribution in [0.4, 0.5) is 51.2 Å². The highest BCUT2D eigenvalue weighted by atomic mass is 32.4. The van der Waals surface area contributed by atoms with Gasteiger partial charge in [0.25, 0.3) is 0 Å². The van der Waals surface area contributed by atoms with Gasteiger partial charge >= 0.3 is 0 Å². The van der Waals surface area contributed by atoms with E-state index in [2.05, 4.69) is 183 Å². The van der Waals surface area contributed by atoms with Gasteiger partial charge in [-0.15, -0.1) is 0 Å². The summed E-state index contributed by atoms with van der Waals surface area (Å²) in [5.41, 5.74) is 19.3. The van der Waals surface area contributed by atoms with Crippen LogP contribution in [0.25, 0.3) is 0 Å². The molecule has 4 heterocycles. The Labute approximate surface area is 341 Å². The van der Waals surface area contributed by atoms with Crippen molar-refractivity contribution >= 4 is 82.9 Å². The minimum atomic E-state index is -1.64. The molecule has 286 valence electrons. The normalized spacial score (nSPS) is 13.6. The smallest absolute Gasteiger partial charge is 0.130 e. The summed E-state index contributed by atoms with van der Waals surface area (Å²) < 4.78 is 10.2. The maximum Gasteiger partial charge on any atom is 0.130 e. The predicted molar refractivity (Wildman–Crippen MR) is 253 cm³/mol. The van der Waals surface area contributed by atoms with E-state index >= 15 is 0 Å². The first-order valence-corrected chi connectivity index (χ1v) is 26.8. The van der Waals surface area contributed by atoms with Crippen LogP contribution in [0.15, 0.2) is 127 Å². The van der Waals surface area contributed by atoms with Gasteiger partial charge in [-0.05, 0) is 128 Å². The summed E-state index contributed by atoms with van der Waals surface area (Å²) in [5, 5.41) is 0. The van der Waals surface area contributed by atoms with Crippen LogP contribution in [-0.4, -0.2) is 46.7 Å². The highest BCUT2D eigenvalue weighted by Crippen LogP contribution is 2.53. The summed E-state index contributed by atoms with van der Waals surface area (Å²) >= 11 is 4.94. The average Bonchev–Trinajstić information content (AvgIpc) is 3.12. The summed E-state index contributed by atoms with van der Waals surface area (Å²) in [4.78, 5) is 7.47. The monoisotopic (exact) mass is 793 g/mol. The zero-order valence-corrected chi connectivity index (χ0v) is 37.0. The molecule has 0 unspecified atom stereocenters. The molecule has 10 rings (SSSR count). The van der Waals surface area contributed by atoms with E-state index in [0.717, 1.165) is 26.0 Å². The SMILES string of the molecule is CB(C)C.CP(C)(C)=O.CP(C)(C)=S.c1ccc2c(c1)Cc1ccc3cc1N2c1ccc2c(c1)N(c1ccc4c(c1)N3c1ccccc1C4)c1ccccc1C2. The Morgan fingerprint density at radius 3 is 0.893 bits per heavy atom. The van der Waals surface area contributed by atoms with Crippen LogP contribution < -0.4 is 14.7 Å². The van der Waals surface area contributed by atoms with E-state index in [1.165, 1.54) is 84.6 Å². The van der Waals surface area contributed by atoms with Crippen molar-refractivity contribution in [2.24, 2.45) is 0 Å². The maximum atomic E-state index is 10.2. The number of hydrogen-bond acceptors (Lipinski definition) is 5. The van der Waals surface area contributed by atoms with Crippen molar-refractivity contribution in [1.82, 2.24) is 0 Å². The van der Waals surface area contributed by atoms with Crippen molar-refractivity contribution in [1.29, 1.82) is 0 Å². The van der Waals surface area contributed by atoms with Crippen LogP contribution in [0.2, 0.25) is 20.5 Å². The summed E-state index contributed by atoms with van der Waals surface area (Å²) in [6, 6.07) is 47.1. The number of anilines is 9. The first-order chi connectivity index (χ1) is 26.5. The molecule has 0 N–H and O–H groups in total. The fourth-order valence-electron chi connectivity index (χ4n) is 7.62. The van der Waals surface area contributed by atoms with E-state index in [1.54, 1.807) is 20.0 Å². The standard InChI is InChI=1S/C39H27N3.C3H9B.C3H9OP.C3H9PS/c1-4-10-34-25(7-1)19-28-13-16-32-23-37(28)40(34)31-17-14-29-20-26-8-3-6-12-36(26)42(38(29)22-31)33-18-15-30-21-27-9-2-5-11-35(27)41(32)39(30)24-33;1-4(2)3;1-5(2,3)4;1-4(2,3)5/h1-18,22-24H,19-21H2;1-3H3;2*1-3H3. The van der Waals surface area contributed by atoms with Crippen LogP contribution in [0.3, 0.4) is 0 Å². The summed E-state index contributed by atoms with van der Waals surface area (Å²) in [6.07, 6.45) is 2.80. The molecule has 0 radical (unpaired) electrons. The predicted octanol–water partition coefficient (Wildman–Crippen LogP) is 14.1. The second-order valence-electron chi connectivity index (χ2n) is 17.4. The lowest BCUT2D eigenvalue weighted by molar-refractivity contribution is 0.586. The Bertz CT molecular complexity index is 2240. The van der Waals surface area contributed by atoms with E-state index in [0.29, 0.717) is 0 Å². The number of fused-ring (bicyclic) bond motifs is 12. The number of para-hydroxylation sites is 3. The molecule has 4 aliphatic rings. The first-order valence-electron chi connectivity index (χ1n) is 19.6. The first kappa shape index (κ1) is 39.9. The number of benzene rings is 6. The lowest BCUT2D eigenvalue weighted by Crippen LogP contribution is -2.24. The van der Waals surface area contributed by atoms with Crippen molar-refractivity contribution in [2.75, 3.05) is 54.7 Å². The van der Waals surface area contributed by atoms with E-state index in [9.17, 15) is 4.57 Å². The van der Waals surface area contributed by atoms with E-state index < -0.39 is 13.2 Å². The van der Waals surface area contributed by atoms with Gasteiger partial charge in [0.05, 0.1) is 24.2 Å². The molecule has 6 aromatic rings. The van der Waals surface area contributed by atoms with Crippen molar-refractivity contribution in [3.05, 3.63) is 161 Å². The minimum absolute atomic E-state index is 0.806. The zero-order valence-electron chi connectivity index (χ0n) is 34.4. The Morgan fingerprint density at radius 2 is 0.643 bits per heavy atom. The van der Waals surface area contributed by atoms with Crippen LogP contribution in [0.1, 0.15) is 33.4 Å². The highest BCUT2D eigenvalue weighted by Gasteiger charge is 2.32. The van der Waals surface area contributed by atoms with Gasteiger partial charge in [0.1, 0.15) is 6.71 Å². The van der Waals surface area contributed by atoms with E-state index in [-0.39, 0.29) is 0 Å². The zero-order chi connectivity index (χ0) is 39.9. The van der Waals surface area contributed by atoms with Gasteiger partial charge in [-0.2, -0.15) is 0 Å². The summed E-state index contributed by atoms with van der Waals surface area (Å²) in [5.74, 6) is 0. The molecular weight excluding hydrogens is 739 g/mol. The molecule has 6 bridgehead atoms. The van der Waals surface area contributed by atoms with Gasteiger partial charge in [0.2, 0.25) is 0 Å². The molecule has 4 nitrogen and oxygen atoms in total. The fourth-order valence-corrected chi connectivity index (χ4v) is 7.62. The largest absolute Gasteiger partial charge is 0.324 e. The van der Waals surface area contributed by atoms with Gasteiger partial charge in [0, 0.05) is 53.4 Å². The quantitative estimate of drug-likeness (QED) is 0.113. The van der Waals surface area contributed by atoms with Gasteiger partial charge in [0.15, 0.2) is 0 Å². The number of rotatable bonds is 0. The number of hydrogen-bond donors (Lipinski definition) is 0. The topological polar surface area (TPSA) is 26.8 Å². The second-order valence-corrected chi connectivity index (χ2v) is 28.2. The van der Waals surface area contributed by atoms with Crippen molar-refractivity contribution in [3.8, 4) is 0 Å². The maximum absolute atomic E-state index is 10.2. The second kappa shape index (κ2) is 15.9. The molecule has 0 fully saturated rings. The molecule has 0 saturated carbocycles. The Balaban J connectivity index is 0.000000299. The van der Waals surface area contributed by atoms with Crippen LogP contribution in [0, 0.1) is 0 Å². The van der Waals surface area contributed by atoms with Gasteiger partial charge in [-0.3, -0.25) is 0 Å². The van der Waals surface area contributed by atoms with E-state index in [4.69, 9.17) is 11.8 Å². The fraction of sp³-hybridized carbons (Fsp3) is 0.250. The molecule has 56 heavy (non-hydrogen) atoms. The third kappa shape index (κ3) is 8.79. The van der Waals surface area contributed by atoms with Gasteiger partial charge < -0.3 is 19.3 Å². The summed E-state index contributed by atoms with van der Waals surface area (Å²) in [7, 11) is -1.64. The summed E-state index contributed by atoms with van der Waals surface area (Å²) in [6.45, 7) is 18.9. The Hall–Kier alpha value is -4.34. The van der Waals surface area contributed by atoms with Crippen molar-refractivity contribution in [2.45, 2.75) is 39.7 Å². The Kier molecular flexibility index (Phi) is 11.3. The average molecular weight is 794 g/mol. The molecule has 0 aliphatic carbocycles. The van der Waals surface area contributed by atoms with Crippen LogP contribution in [-0.2, 0) is 35.6 Å². The third-order valence-corrected chi connectivity index (χ3v) is 9.54. The minimum Gasteiger partial charge on any atom is -0.324 e. The van der Waals surface area contributed by atoms with Gasteiger partial charge in [-0.1, -0.05) is 111 Å². The molecule has 4 aliphatic heterocycles. The van der Waals surface area contributed by atoms with Crippen LogP contribution in [0.5, 0.6) is 0 Å². The Morgan fingerprint density at radius 1 is 0.429 bits per heavy atom. The number of nitrogens with zero attached hydrogens (tertiary/aromatic N) is 3. The third-order valence-electron chi connectivity index (χ3n) is 9.54. The lowest BCUT2D eigenvalue weighted by Gasteiger charge is -2.40. The van der Waals surface area contributed by atoms with Crippen LogP contribution >= 0.6 is 13.2 Å². The van der Waals surface area contributed by atoms with Crippen molar-refractivity contribution in [3.63, 3.8) is 0 Å². The molecule has 0 spiro atoms. The molecule has 0 saturated heterocycles. The molecular formula is C48H54BN3OP2S. The molecule has 8 heteroatoms. The van der Waals surface area contributed by atoms with E-state index in [1.807, 2.05) is 0 Å². The molecule has 0 aromatic heterocycles. The molecule has 0 atom stereocenters. The molecule has 6 aromatic carbocycles.